The van der Waals surface area contributed by atoms with Gasteiger partial charge in [-0.25, -0.2) is 0 Å². The molecule has 1 saturated heterocycles. The van der Waals surface area contributed by atoms with Crippen molar-refractivity contribution in [2.24, 2.45) is 0 Å². The zero-order valence-electron chi connectivity index (χ0n) is 13.9. The van der Waals surface area contributed by atoms with Gasteiger partial charge < -0.3 is 10.0 Å². The van der Waals surface area contributed by atoms with Gasteiger partial charge in [-0.15, -0.1) is 0 Å². The molecule has 1 aromatic rings. The Labute approximate surface area is 139 Å². The van der Waals surface area contributed by atoms with Gasteiger partial charge in [0.2, 0.25) is 5.91 Å². The topological polar surface area (TPSA) is 43.8 Å². The van der Waals surface area contributed by atoms with Crippen LogP contribution < -0.4 is 0 Å². The first kappa shape index (κ1) is 18.7. The first-order chi connectivity index (χ1) is 11.2. The molecule has 1 amide bonds. The van der Waals surface area contributed by atoms with Crippen molar-refractivity contribution >= 4 is 5.91 Å². The second kappa shape index (κ2) is 7.53. The molecule has 1 heterocycles. The molecule has 0 unspecified atom stereocenters. The standard InChI is InChI=1S/C17H23F3N2O2/c1-3-21(2)16(24)8-9-22-11-12(23)10-15(22)13-6-4-5-7-14(13)17(18,19)20/h4-7,12,15,23H,3,8-11H2,1-2H3/t12-,15+/m0/s1. The van der Waals surface area contributed by atoms with Crippen molar-refractivity contribution in [3.05, 3.63) is 35.4 Å². The summed E-state index contributed by atoms with van der Waals surface area (Å²) in [5.74, 6) is -0.0539. The highest BCUT2D eigenvalue weighted by atomic mass is 19.4. The van der Waals surface area contributed by atoms with E-state index in [4.69, 9.17) is 0 Å². The first-order valence-corrected chi connectivity index (χ1v) is 8.06. The SMILES string of the molecule is CCN(C)C(=O)CCN1C[C@@H](O)C[C@@H]1c1ccccc1C(F)(F)F. The fraction of sp³-hybridized carbons (Fsp3) is 0.588. The second-order valence-corrected chi connectivity index (χ2v) is 6.14. The maximum Gasteiger partial charge on any atom is 0.416 e. The van der Waals surface area contributed by atoms with Crippen molar-refractivity contribution in [3.8, 4) is 0 Å². The van der Waals surface area contributed by atoms with E-state index in [1.807, 2.05) is 6.92 Å². The molecule has 134 valence electrons. The number of rotatable bonds is 5. The van der Waals surface area contributed by atoms with E-state index in [1.165, 1.54) is 12.1 Å². The van der Waals surface area contributed by atoms with Crippen molar-refractivity contribution in [2.45, 2.75) is 38.1 Å². The van der Waals surface area contributed by atoms with Crippen molar-refractivity contribution in [1.29, 1.82) is 0 Å². The van der Waals surface area contributed by atoms with Gasteiger partial charge in [0.15, 0.2) is 0 Å². The number of benzene rings is 1. The molecule has 1 aliphatic rings. The molecule has 2 rings (SSSR count). The van der Waals surface area contributed by atoms with Gasteiger partial charge in [0.05, 0.1) is 11.7 Å². The average Bonchev–Trinajstić information content (AvgIpc) is 2.91. The molecule has 7 heteroatoms. The molecule has 0 aromatic heterocycles. The van der Waals surface area contributed by atoms with Crippen molar-refractivity contribution < 1.29 is 23.1 Å². The van der Waals surface area contributed by atoms with Crippen LogP contribution in [0, 0.1) is 0 Å². The van der Waals surface area contributed by atoms with E-state index in [9.17, 15) is 23.1 Å². The van der Waals surface area contributed by atoms with Crippen molar-refractivity contribution in [2.75, 3.05) is 26.7 Å². The van der Waals surface area contributed by atoms with Crippen LogP contribution in [0.15, 0.2) is 24.3 Å². The molecule has 0 bridgehead atoms. The first-order valence-electron chi connectivity index (χ1n) is 8.06. The number of nitrogens with zero attached hydrogens (tertiary/aromatic N) is 2. The van der Waals surface area contributed by atoms with Gasteiger partial charge in [0.25, 0.3) is 0 Å². The fourth-order valence-corrected chi connectivity index (χ4v) is 3.10. The highest BCUT2D eigenvalue weighted by molar-refractivity contribution is 5.76. The van der Waals surface area contributed by atoms with E-state index in [-0.39, 0.29) is 30.9 Å². The Balaban J connectivity index is 2.18. The minimum atomic E-state index is -4.44. The minimum Gasteiger partial charge on any atom is -0.392 e. The molecule has 0 aliphatic carbocycles. The number of aliphatic hydroxyl groups is 1. The predicted molar refractivity (Wildman–Crippen MR) is 84.3 cm³/mol. The van der Waals surface area contributed by atoms with Crippen LogP contribution in [0.4, 0.5) is 13.2 Å². The van der Waals surface area contributed by atoms with Gasteiger partial charge in [-0.1, -0.05) is 18.2 Å². The van der Waals surface area contributed by atoms with Crippen LogP contribution >= 0.6 is 0 Å². The maximum absolute atomic E-state index is 13.2. The van der Waals surface area contributed by atoms with Crippen LogP contribution in [-0.4, -0.2) is 53.6 Å². The molecule has 0 radical (unpaired) electrons. The average molecular weight is 344 g/mol. The molecule has 24 heavy (non-hydrogen) atoms. The molecular formula is C17H23F3N2O2. The lowest BCUT2D eigenvalue weighted by Crippen LogP contribution is -2.33. The summed E-state index contributed by atoms with van der Waals surface area (Å²) in [6, 6.07) is 4.93. The summed E-state index contributed by atoms with van der Waals surface area (Å²) in [4.78, 5) is 15.3. The normalized spacial score (nSPS) is 21.9. The van der Waals surface area contributed by atoms with Gasteiger partial charge in [-0.2, -0.15) is 13.2 Å². The van der Waals surface area contributed by atoms with E-state index in [1.54, 1.807) is 22.9 Å². The Morgan fingerprint density at radius 2 is 2.04 bits per heavy atom. The molecule has 0 saturated carbocycles. The number of amides is 1. The lowest BCUT2D eigenvalue weighted by atomic mass is 9.97. The highest BCUT2D eigenvalue weighted by Gasteiger charge is 2.39. The summed E-state index contributed by atoms with van der Waals surface area (Å²) >= 11 is 0. The number of halogens is 3. The summed E-state index contributed by atoms with van der Waals surface area (Å²) < 4.78 is 39.7. The maximum atomic E-state index is 13.2. The number of carbonyl (C=O) groups is 1. The van der Waals surface area contributed by atoms with E-state index < -0.39 is 23.9 Å². The summed E-state index contributed by atoms with van der Waals surface area (Å²) in [6.07, 6.45) is -4.66. The quantitative estimate of drug-likeness (QED) is 0.893. The van der Waals surface area contributed by atoms with Crippen LogP contribution in [0.5, 0.6) is 0 Å². The summed E-state index contributed by atoms with van der Waals surface area (Å²) in [6.45, 7) is 3.05. The number of hydrogen-bond donors (Lipinski definition) is 1. The smallest absolute Gasteiger partial charge is 0.392 e. The Morgan fingerprint density at radius 3 is 2.67 bits per heavy atom. The fourth-order valence-electron chi connectivity index (χ4n) is 3.10. The number of likely N-dealkylation sites (tertiary alicyclic amines) is 1. The van der Waals surface area contributed by atoms with Crippen LogP contribution in [0.2, 0.25) is 0 Å². The van der Waals surface area contributed by atoms with Crippen LogP contribution in [-0.2, 0) is 11.0 Å². The molecule has 0 spiro atoms. The largest absolute Gasteiger partial charge is 0.416 e. The van der Waals surface area contributed by atoms with Crippen LogP contribution in [0.3, 0.4) is 0 Å². The van der Waals surface area contributed by atoms with Gasteiger partial charge in [-0.05, 0) is 25.0 Å². The Kier molecular flexibility index (Phi) is 5.87. The van der Waals surface area contributed by atoms with Gasteiger partial charge in [-0.3, -0.25) is 9.69 Å². The van der Waals surface area contributed by atoms with E-state index in [0.29, 0.717) is 13.1 Å². The van der Waals surface area contributed by atoms with Crippen LogP contribution in [0.1, 0.15) is 36.9 Å². The molecule has 1 fully saturated rings. The molecule has 1 aliphatic heterocycles. The molecular weight excluding hydrogens is 321 g/mol. The van der Waals surface area contributed by atoms with E-state index in [2.05, 4.69) is 0 Å². The minimum absolute atomic E-state index is 0.0539. The van der Waals surface area contributed by atoms with Gasteiger partial charge in [0.1, 0.15) is 0 Å². The molecule has 1 N–H and O–H groups in total. The number of aliphatic hydroxyl groups excluding tert-OH is 1. The predicted octanol–water partition coefficient (Wildman–Crippen LogP) is 2.68. The molecule has 2 atom stereocenters. The van der Waals surface area contributed by atoms with Crippen LogP contribution in [0.25, 0.3) is 0 Å². The Hall–Kier alpha value is -1.60. The van der Waals surface area contributed by atoms with Crippen molar-refractivity contribution in [1.82, 2.24) is 9.80 Å². The summed E-state index contributed by atoms with van der Waals surface area (Å²) in [5.41, 5.74) is -0.510. The third-order valence-corrected chi connectivity index (χ3v) is 4.52. The van der Waals surface area contributed by atoms with Crippen molar-refractivity contribution in [3.63, 3.8) is 0 Å². The molecule has 4 nitrogen and oxygen atoms in total. The van der Waals surface area contributed by atoms with Gasteiger partial charge in [0, 0.05) is 39.1 Å². The lowest BCUT2D eigenvalue weighted by Gasteiger charge is -2.27. The zero-order chi connectivity index (χ0) is 17.9. The second-order valence-electron chi connectivity index (χ2n) is 6.14. The monoisotopic (exact) mass is 344 g/mol. The lowest BCUT2D eigenvalue weighted by molar-refractivity contribution is -0.139. The molecule has 1 aromatic carbocycles. The number of carbonyl (C=O) groups excluding carboxylic acids is 1. The summed E-state index contributed by atoms with van der Waals surface area (Å²) in [5, 5.41) is 9.93. The van der Waals surface area contributed by atoms with E-state index in [0.717, 1.165) is 6.07 Å². The Bertz CT molecular complexity index is 577. The Morgan fingerprint density at radius 1 is 1.38 bits per heavy atom. The number of alkyl halides is 3. The third-order valence-electron chi connectivity index (χ3n) is 4.52. The highest BCUT2D eigenvalue weighted by Crippen LogP contribution is 2.40. The van der Waals surface area contributed by atoms with E-state index >= 15 is 0 Å². The zero-order valence-corrected chi connectivity index (χ0v) is 13.9. The number of β-amino-alcohol motifs (C(OH)–C–C–N with tert-alkyl or cyclic N) is 1. The van der Waals surface area contributed by atoms with Gasteiger partial charge >= 0.3 is 6.18 Å². The third kappa shape index (κ3) is 4.27. The summed E-state index contributed by atoms with van der Waals surface area (Å²) in [7, 11) is 1.69. The number of hydrogen-bond acceptors (Lipinski definition) is 3.